The molecule has 154 valence electrons. The minimum Gasteiger partial charge on any atom is -0.492 e. The van der Waals surface area contributed by atoms with Crippen LogP contribution in [0.3, 0.4) is 0 Å². The van der Waals surface area contributed by atoms with Crippen LogP contribution in [0.4, 0.5) is 5.69 Å². The number of benzene rings is 1. The zero-order valence-corrected chi connectivity index (χ0v) is 17.7. The Balaban J connectivity index is 2.46. The Morgan fingerprint density at radius 1 is 1.00 bits per heavy atom. The van der Waals surface area contributed by atoms with Gasteiger partial charge in [0.05, 0.1) is 27.0 Å². The van der Waals surface area contributed by atoms with E-state index in [0.29, 0.717) is 52.7 Å². The number of rotatable bonds is 10. The summed E-state index contributed by atoms with van der Waals surface area (Å²) in [5.74, 6) is 1.58. The Hall–Kier alpha value is -2.44. The molecule has 1 aromatic heterocycles. The summed E-state index contributed by atoms with van der Waals surface area (Å²) in [7, 11) is 0.504. The molecular weight excluding hydrogens is 383 g/mol. The van der Waals surface area contributed by atoms with E-state index in [1.165, 1.54) is 21.3 Å². The molecule has 0 aliphatic rings. The van der Waals surface area contributed by atoms with Crippen molar-refractivity contribution in [3.05, 3.63) is 35.7 Å². The van der Waals surface area contributed by atoms with Crippen LogP contribution in [-0.2, 0) is 17.4 Å². The zero-order chi connectivity index (χ0) is 20.7. The second kappa shape index (κ2) is 9.66. The molecule has 28 heavy (non-hydrogen) atoms. The van der Waals surface area contributed by atoms with Crippen molar-refractivity contribution in [1.29, 1.82) is 0 Å². The minimum atomic E-state index is -4.04. The second-order valence-electron chi connectivity index (χ2n) is 5.90. The first-order chi connectivity index (χ1) is 13.4. The molecule has 2 rings (SSSR count). The number of ether oxygens (including phenoxy) is 3. The monoisotopic (exact) mass is 410 g/mol. The van der Waals surface area contributed by atoms with Gasteiger partial charge in [-0.3, -0.25) is 4.98 Å². The van der Waals surface area contributed by atoms with Gasteiger partial charge in [-0.15, -0.1) is 0 Å². The van der Waals surface area contributed by atoms with Crippen LogP contribution in [0, 0.1) is 0 Å². The molecule has 1 aromatic carbocycles. The first-order valence-corrected chi connectivity index (χ1v) is 10.7. The van der Waals surface area contributed by atoms with Gasteiger partial charge in [-0.05, 0) is 25.0 Å². The summed E-state index contributed by atoms with van der Waals surface area (Å²) in [5, 5.41) is 2.87. The number of aromatic nitrogens is 1. The predicted octanol–water partition coefficient (Wildman–Crippen LogP) is 3.87. The molecule has 0 amide bonds. The van der Waals surface area contributed by atoms with Crippen LogP contribution in [0.5, 0.6) is 23.0 Å². The van der Waals surface area contributed by atoms with Gasteiger partial charge >= 0.3 is 7.60 Å². The molecule has 0 saturated carbocycles. The number of methoxy groups -OCH3 is 3. The Kier molecular flexibility index (Phi) is 7.54. The molecule has 0 radical (unpaired) electrons. The summed E-state index contributed by atoms with van der Waals surface area (Å²) < 4.78 is 34.9. The van der Waals surface area contributed by atoms with Gasteiger partial charge in [0.15, 0.2) is 11.5 Å². The van der Waals surface area contributed by atoms with E-state index >= 15 is 0 Å². The fourth-order valence-electron chi connectivity index (χ4n) is 2.97. The number of nitrogens with one attached hydrogen (secondary N) is 1. The van der Waals surface area contributed by atoms with Gasteiger partial charge < -0.3 is 28.9 Å². The zero-order valence-electron chi connectivity index (χ0n) is 16.8. The maximum absolute atomic E-state index is 12.8. The van der Waals surface area contributed by atoms with Crippen molar-refractivity contribution >= 4 is 13.3 Å². The molecule has 0 fully saturated rings. The van der Waals surface area contributed by atoms with Crippen LogP contribution >= 0.6 is 7.60 Å². The summed E-state index contributed by atoms with van der Waals surface area (Å²) >= 11 is 0. The summed E-state index contributed by atoms with van der Waals surface area (Å²) in [4.78, 5) is 14.4. The Morgan fingerprint density at radius 3 is 2.00 bits per heavy atom. The number of anilines is 1. The van der Waals surface area contributed by atoms with Crippen molar-refractivity contribution in [1.82, 2.24) is 4.98 Å². The number of hydrogen-bond donors (Lipinski definition) is 2. The van der Waals surface area contributed by atoms with Crippen LogP contribution in [0.1, 0.15) is 25.0 Å². The number of pyridine rings is 1. The van der Waals surface area contributed by atoms with Crippen molar-refractivity contribution < 1.29 is 28.2 Å². The standard InChI is InChI=1S/C19H27N2O6P/c1-6-14-16(15(7-2)18(25-4)19(26-5)17(14)24-3)27-28(22,23)12-21-13-9-8-10-20-11-13/h8-11,21H,6-7,12H2,1-5H3,(H,22,23). The lowest BCUT2D eigenvalue weighted by Crippen LogP contribution is -2.10. The molecule has 2 aromatic rings. The molecular formula is C19H27N2O6P. The van der Waals surface area contributed by atoms with Crippen LogP contribution in [0.25, 0.3) is 0 Å². The normalized spacial score (nSPS) is 12.8. The van der Waals surface area contributed by atoms with Gasteiger partial charge in [0, 0.05) is 23.5 Å². The van der Waals surface area contributed by atoms with E-state index in [1.807, 2.05) is 13.8 Å². The summed E-state index contributed by atoms with van der Waals surface area (Å²) in [6, 6.07) is 3.48. The molecule has 1 atom stereocenters. The minimum absolute atomic E-state index is 0.276. The van der Waals surface area contributed by atoms with E-state index in [4.69, 9.17) is 18.7 Å². The molecule has 2 N–H and O–H groups in total. The first-order valence-electron chi connectivity index (χ1n) is 8.91. The molecule has 0 aliphatic heterocycles. The average molecular weight is 410 g/mol. The maximum Gasteiger partial charge on any atom is 0.395 e. The Morgan fingerprint density at radius 2 is 1.57 bits per heavy atom. The van der Waals surface area contributed by atoms with Crippen LogP contribution in [-0.4, -0.2) is 37.5 Å². The molecule has 0 bridgehead atoms. The number of hydrogen-bond acceptors (Lipinski definition) is 7. The topological polar surface area (TPSA) is 99.1 Å². The van der Waals surface area contributed by atoms with E-state index in [0.717, 1.165) is 0 Å². The predicted molar refractivity (Wildman–Crippen MR) is 108 cm³/mol. The van der Waals surface area contributed by atoms with Crippen molar-refractivity contribution in [3.8, 4) is 23.0 Å². The van der Waals surface area contributed by atoms with E-state index < -0.39 is 7.60 Å². The highest BCUT2D eigenvalue weighted by Crippen LogP contribution is 2.53. The Bertz CT molecular complexity index is 811. The first kappa shape index (κ1) is 21.9. The molecule has 0 aliphatic carbocycles. The molecule has 0 saturated heterocycles. The third-order valence-electron chi connectivity index (χ3n) is 4.21. The van der Waals surface area contributed by atoms with Crippen molar-refractivity contribution in [2.24, 2.45) is 0 Å². The van der Waals surface area contributed by atoms with Gasteiger partial charge in [0.1, 0.15) is 12.0 Å². The lowest BCUT2D eigenvalue weighted by molar-refractivity contribution is 0.314. The average Bonchev–Trinajstić information content (AvgIpc) is 2.71. The summed E-state index contributed by atoms with van der Waals surface area (Å²) in [6.07, 6.45) is 3.94. The molecule has 1 unspecified atom stereocenters. The van der Waals surface area contributed by atoms with E-state index in [9.17, 15) is 9.46 Å². The fourth-order valence-corrected chi connectivity index (χ4v) is 3.92. The van der Waals surface area contributed by atoms with Gasteiger partial charge in [0.2, 0.25) is 5.75 Å². The SMILES string of the molecule is CCc1c(OP(=O)(O)CNc2cccnc2)c(CC)c(OC)c(OC)c1OC. The lowest BCUT2D eigenvalue weighted by Gasteiger charge is -2.24. The lowest BCUT2D eigenvalue weighted by atomic mass is 10.0. The largest absolute Gasteiger partial charge is 0.492 e. The van der Waals surface area contributed by atoms with Crippen molar-refractivity contribution in [2.75, 3.05) is 32.9 Å². The molecule has 9 heteroatoms. The van der Waals surface area contributed by atoms with Gasteiger partial charge in [-0.2, -0.15) is 0 Å². The fraction of sp³-hybridized carbons (Fsp3) is 0.421. The maximum atomic E-state index is 12.8. The van der Waals surface area contributed by atoms with Gasteiger partial charge in [0.25, 0.3) is 0 Å². The van der Waals surface area contributed by atoms with Gasteiger partial charge in [-0.25, -0.2) is 4.57 Å². The van der Waals surface area contributed by atoms with Gasteiger partial charge in [-0.1, -0.05) is 13.8 Å². The third kappa shape index (κ3) is 4.69. The van der Waals surface area contributed by atoms with Crippen LogP contribution in [0.15, 0.2) is 24.5 Å². The van der Waals surface area contributed by atoms with Crippen molar-refractivity contribution in [2.45, 2.75) is 26.7 Å². The second-order valence-corrected chi connectivity index (χ2v) is 7.67. The highest BCUT2D eigenvalue weighted by atomic mass is 31.2. The van der Waals surface area contributed by atoms with E-state index in [-0.39, 0.29) is 6.29 Å². The summed E-state index contributed by atoms with van der Waals surface area (Å²) in [5.41, 5.74) is 1.91. The van der Waals surface area contributed by atoms with E-state index in [2.05, 4.69) is 10.3 Å². The number of nitrogens with zero attached hydrogens (tertiary/aromatic N) is 1. The molecule has 1 heterocycles. The van der Waals surface area contributed by atoms with E-state index in [1.54, 1.807) is 24.5 Å². The van der Waals surface area contributed by atoms with Crippen LogP contribution < -0.4 is 24.1 Å². The van der Waals surface area contributed by atoms with Crippen molar-refractivity contribution in [3.63, 3.8) is 0 Å². The molecule has 0 spiro atoms. The Labute approximate surface area is 165 Å². The summed E-state index contributed by atoms with van der Waals surface area (Å²) in [6.45, 7) is 3.82. The quantitative estimate of drug-likeness (QED) is 0.570. The molecule has 8 nitrogen and oxygen atoms in total. The highest BCUT2D eigenvalue weighted by Gasteiger charge is 2.30. The highest BCUT2D eigenvalue weighted by molar-refractivity contribution is 7.53. The smallest absolute Gasteiger partial charge is 0.395 e. The van der Waals surface area contributed by atoms with Crippen LogP contribution in [0.2, 0.25) is 0 Å². The third-order valence-corrected chi connectivity index (χ3v) is 5.23.